The van der Waals surface area contributed by atoms with Crippen LogP contribution in [0, 0.1) is 0 Å². The molecule has 0 radical (unpaired) electrons. The van der Waals surface area contributed by atoms with Crippen LogP contribution in [0.25, 0.3) is 97.0 Å². The highest BCUT2D eigenvalue weighted by molar-refractivity contribution is 7.26. The average molecular weight is 679 g/mol. The molecule has 0 N–H and O–H groups in total. The van der Waals surface area contributed by atoms with E-state index >= 15 is 0 Å². The Bertz CT molecular complexity index is 3010. The molecular formula is C51H34S. The summed E-state index contributed by atoms with van der Waals surface area (Å²) >= 11 is 1.94. The van der Waals surface area contributed by atoms with Crippen LogP contribution in [0.1, 0.15) is 25.0 Å². The maximum atomic E-state index is 2.39. The van der Waals surface area contributed by atoms with E-state index < -0.39 is 0 Å². The zero-order valence-corrected chi connectivity index (χ0v) is 29.9. The highest BCUT2D eigenvalue weighted by Gasteiger charge is 2.37. The van der Waals surface area contributed by atoms with Crippen LogP contribution in [-0.4, -0.2) is 0 Å². The lowest BCUT2D eigenvalue weighted by atomic mass is 9.80. The summed E-state index contributed by atoms with van der Waals surface area (Å²) in [4.78, 5) is 0. The minimum atomic E-state index is -0.0348. The van der Waals surface area contributed by atoms with E-state index in [4.69, 9.17) is 0 Å². The summed E-state index contributed by atoms with van der Waals surface area (Å²) in [6.45, 7) is 4.79. The number of thiophene rings is 1. The summed E-state index contributed by atoms with van der Waals surface area (Å²) in [6.07, 6.45) is 0. The molecule has 0 fully saturated rings. The number of hydrogen-bond donors (Lipinski definition) is 0. The maximum absolute atomic E-state index is 2.39. The Labute approximate surface area is 307 Å². The van der Waals surface area contributed by atoms with Crippen LogP contribution in [0.2, 0.25) is 0 Å². The van der Waals surface area contributed by atoms with E-state index in [1.165, 1.54) is 108 Å². The van der Waals surface area contributed by atoms with Gasteiger partial charge in [0.25, 0.3) is 0 Å². The molecule has 0 saturated carbocycles. The highest BCUT2D eigenvalue weighted by Crippen LogP contribution is 2.54. The molecule has 9 aromatic carbocycles. The molecule has 0 saturated heterocycles. The lowest BCUT2D eigenvalue weighted by Gasteiger charge is -2.22. The van der Waals surface area contributed by atoms with Crippen molar-refractivity contribution >= 4 is 63.8 Å². The second-order valence-corrected chi connectivity index (χ2v) is 15.8. The fraction of sp³-hybridized carbons (Fsp3) is 0.0588. The van der Waals surface area contributed by atoms with Crippen LogP contribution >= 0.6 is 11.3 Å². The van der Waals surface area contributed by atoms with Crippen molar-refractivity contribution in [3.05, 3.63) is 181 Å². The molecule has 10 aromatic rings. The molecule has 1 heterocycles. The third-order valence-corrected chi connectivity index (χ3v) is 12.8. The molecule has 0 unspecified atom stereocenters. The van der Waals surface area contributed by atoms with E-state index in [9.17, 15) is 0 Å². The zero-order valence-electron chi connectivity index (χ0n) is 29.1. The molecule has 1 aliphatic rings. The van der Waals surface area contributed by atoms with Gasteiger partial charge in [-0.2, -0.15) is 0 Å². The van der Waals surface area contributed by atoms with Crippen LogP contribution in [0.4, 0.5) is 0 Å². The maximum Gasteiger partial charge on any atom is 0.0433 e. The van der Waals surface area contributed by atoms with Gasteiger partial charge in [-0.25, -0.2) is 0 Å². The third-order valence-electron chi connectivity index (χ3n) is 11.6. The summed E-state index contributed by atoms with van der Waals surface area (Å²) in [6, 6.07) is 63.2. The first kappa shape index (κ1) is 29.7. The van der Waals surface area contributed by atoms with Gasteiger partial charge >= 0.3 is 0 Å². The van der Waals surface area contributed by atoms with Gasteiger partial charge in [0.15, 0.2) is 0 Å². The van der Waals surface area contributed by atoms with Gasteiger partial charge in [0, 0.05) is 25.6 Å². The van der Waals surface area contributed by atoms with Crippen molar-refractivity contribution in [1.29, 1.82) is 0 Å². The molecule has 0 nitrogen and oxygen atoms in total. The van der Waals surface area contributed by atoms with Gasteiger partial charge in [-0.3, -0.25) is 0 Å². The molecule has 0 atom stereocenters. The SMILES string of the molecule is CC1(C)c2ccccc2-c2ccc3sc4c5ccc(-c6ccc(-c7c8ccccc8c(-c8ccccc8)c8ccccc78)cc6)cc5ccc4c3c21. The highest BCUT2D eigenvalue weighted by atomic mass is 32.1. The Hall–Kier alpha value is -6.02. The number of hydrogen-bond acceptors (Lipinski definition) is 1. The van der Waals surface area contributed by atoms with E-state index in [1.54, 1.807) is 0 Å². The van der Waals surface area contributed by atoms with Crippen LogP contribution in [0.3, 0.4) is 0 Å². The first-order valence-electron chi connectivity index (χ1n) is 18.2. The molecule has 0 aliphatic heterocycles. The van der Waals surface area contributed by atoms with Gasteiger partial charge in [0.05, 0.1) is 0 Å². The summed E-state index contributed by atoms with van der Waals surface area (Å²) < 4.78 is 2.76. The number of rotatable bonds is 3. The van der Waals surface area contributed by atoms with Gasteiger partial charge in [-0.1, -0.05) is 172 Å². The molecule has 1 aromatic heterocycles. The number of benzene rings is 9. The Morgan fingerprint density at radius 2 is 0.962 bits per heavy atom. The van der Waals surface area contributed by atoms with Gasteiger partial charge in [0.1, 0.15) is 0 Å². The Morgan fingerprint density at radius 3 is 1.65 bits per heavy atom. The second kappa shape index (κ2) is 11.0. The molecule has 0 bridgehead atoms. The van der Waals surface area contributed by atoms with Gasteiger partial charge < -0.3 is 0 Å². The quantitative estimate of drug-likeness (QED) is 0.163. The van der Waals surface area contributed by atoms with E-state index in [2.05, 4.69) is 184 Å². The van der Waals surface area contributed by atoms with Gasteiger partial charge in [0.2, 0.25) is 0 Å². The van der Waals surface area contributed by atoms with Gasteiger partial charge in [-0.05, 0) is 100 Å². The molecule has 244 valence electrons. The molecule has 11 rings (SSSR count). The Kier molecular flexibility index (Phi) is 6.27. The second-order valence-electron chi connectivity index (χ2n) is 14.8. The van der Waals surface area contributed by atoms with E-state index in [0.717, 1.165) is 0 Å². The molecule has 1 heteroatoms. The molecular weight excluding hydrogens is 645 g/mol. The van der Waals surface area contributed by atoms with Crippen molar-refractivity contribution in [2.45, 2.75) is 19.3 Å². The van der Waals surface area contributed by atoms with Crippen molar-refractivity contribution in [3.8, 4) is 44.5 Å². The van der Waals surface area contributed by atoms with Crippen molar-refractivity contribution in [2.75, 3.05) is 0 Å². The van der Waals surface area contributed by atoms with E-state index in [-0.39, 0.29) is 5.41 Å². The lowest BCUT2D eigenvalue weighted by molar-refractivity contribution is 0.667. The normalized spacial score (nSPS) is 13.3. The monoisotopic (exact) mass is 678 g/mol. The lowest BCUT2D eigenvalue weighted by Crippen LogP contribution is -2.15. The first-order valence-corrected chi connectivity index (χ1v) is 19.0. The summed E-state index contributed by atoms with van der Waals surface area (Å²) in [7, 11) is 0. The Morgan fingerprint density at radius 1 is 0.404 bits per heavy atom. The molecule has 52 heavy (non-hydrogen) atoms. The standard InChI is InChI=1S/C51H34S/c1-51(2)44-19-11-10-14-37(44)42-28-29-45-48(49(42)51)43-27-25-35-30-34(24-26-36(35)50(43)52-45)31-20-22-33(23-21-31)47-40-17-8-6-15-38(40)46(32-12-4-3-5-13-32)39-16-7-9-18-41(39)47/h3-30H,1-2H3. The predicted octanol–water partition coefficient (Wildman–Crippen LogP) is 14.8. The summed E-state index contributed by atoms with van der Waals surface area (Å²) in [5, 5.41) is 10.5. The van der Waals surface area contributed by atoms with Crippen molar-refractivity contribution in [1.82, 2.24) is 0 Å². The number of fused-ring (bicyclic) bond motifs is 11. The average Bonchev–Trinajstić information content (AvgIpc) is 3.69. The first-order chi connectivity index (χ1) is 25.6. The third kappa shape index (κ3) is 4.15. The van der Waals surface area contributed by atoms with Crippen molar-refractivity contribution in [2.24, 2.45) is 0 Å². The fourth-order valence-electron chi connectivity index (χ4n) is 9.29. The largest absolute Gasteiger partial charge is 0.135 e. The van der Waals surface area contributed by atoms with Crippen LogP contribution in [0.5, 0.6) is 0 Å². The zero-order chi connectivity index (χ0) is 34.6. The van der Waals surface area contributed by atoms with Crippen LogP contribution in [-0.2, 0) is 5.41 Å². The molecule has 0 amide bonds. The van der Waals surface area contributed by atoms with E-state index in [1.807, 2.05) is 11.3 Å². The molecule has 1 aliphatic carbocycles. The van der Waals surface area contributed by atoms with Crippen molar-refractivity contribution < 1.29 is 0 Å². The van der Waals surface area contributed by atoms with Gasteiger partial charge in [-0.15, -0.1) is 11.3 Å². The topological polar surface area (TPSA) is 0 Å². The van der Waals surface area contributed by atoms with Crippen LogP contribution < -0.4 is 0 Å². The van der Waals surface area contributed by atoms with Crippen molar-refractivity contribution in [3.63, 3.8) is 0 Å². The summed E-state index contributed by atoms with van der Waals surface area (Å²) in [5.41, 5.74) is 13.2. The van der Waals surface area contributed by atoms with E-state index in [0.29, 0.717) is 0 Å². The Balaban J connectivity index is 1.02. The molecule has 0 spiro atoms. The fourth-order valence-corrected chi connectivity index (χ4v) is 10.5. The minimum Gasteiger partial charge on any atom is -0.135 e. The van der Waals surface area contributed by atoms with Crippen LogP contribution in [0.15, 0.2) is 170 Å². The predicted molar refractivity (Wildman–Crippen MR) is 226 cm³/mol. The minimum absolute atomic E-state index is 0.0348. The smallest absolute Gasteiger partial charge is 0.0433 e. The summed E-state index contributed by atoms with van der Waals surface area (Å²) in [5.74, 6) is 0.